The predicted molar refractivity (Wildman–Crippen MR) is 151 cm³/mol. The number of rotatable bonds is 12. The molecule has 1 atom stereocenters. The van der Waals surface area contributed by atoms with E-state index in [4.69, 9.17) is 0 Å². The first-order chi connectivity index (χ1) is 18.5. The third kappa shape index (κ3) is 7.66. The summed E-state index contributed by atoms with van der Waals surface area (Å²) in [5.41, 5.74) is 2.25. The molecule has 0 unspecified atom stereocenters. The maximum atomic E-state index is 14.6. The number of unbranched alkanes of at least 4 members (excludes halogenated alkanes) is 1. The molecule has 2 amide bonds. The van der Waals surface area contributed by atoms with Crippen LogP contribution in [0.3, 0.4) is 0 Å². The van der Waals surface area contributed by atoms with Crippen molar-refractivity contribution in [3.63, 3.8) is 0 Å². The second-order valence-electron chi connectivity index (χ2n) is 9.60. The normalized spacial score (nSPS) is 12.0. The lowest BCUT2D eigenvalue weighted by Gasteiger charge is -2.32. The van der Waals surface area contributed by atoms with E-state index >= 15 is 0 Å². The molecular formula is C30H36FN3O4S. The van der Waals surface area contributed by atoms with Crippen LogP contribution in [0.15, 0.2) is 77.7 Å². The first-order valence-electron chi connectivity index (χ1n) is 13.0. The molecule has 0 radical (unpaired) electrons. The molecule has 3 rings (SSSR count). The summed E-state index contributed by atoms with van der Waals surface area (Å²) in [7, 11) is -4.15. The maximum absolute atomic E-state index is 14.6. The lowest BCUT2D eigenvalue weighted by atomic mass is 10.1. The summed E-state index contributed by atoms with van der Waals surface area (Å²) < 4.78 is 43.3. The summed E-state index contributed by atoms with van der Waals surface area (Å²) in [5.74, 6) is -1.54. The Morgan fingerprint density at radius 3 is 2.28 bits per heavy atom. The van der Waals surface area contributed by atoms with Crippen LogP contribution < -0.4 is 9.62 Å². The lowest BCUT2D eigenvalue weighted by Crippen LogP contribution is -2.51. The fraction of sp³-hybridized carbons (Fsp3) is 0.333. The van der Waals surface area contributed by atoms with Crippen molar-refractivity contribution in [3.05, 3.63) is 95.3 Å². The van der Waals surface area contributed by atoms with Crippen LogP contribution in [0.2, 0.25) is 0 Å². The minimum absolute atomic E-state index is 0.0356. The van der Waals surface area contributed by atoms with E-state index < -0.39 is 40.2 Å². The number of anilines is 1. The summed E-state index contributed by atoms with van der Waals surface area (Å²) in [5, 5.41) is 2.81. The summed E-state index contributed by atoms with van der Waals surface area (Å²) in [6, 6.07) is 18.3. The molecule has 0 aliphatic heterocycles. The number of amides is 2. The van der Waals surface area contributed by atoms with Crippen LogP contribution in [0.5, 0.6) is 0 Å². The van der Waals surface area contributed by atoms with Gasteiger partial charge < -0.3 is 10.2 Å². The Morgan fingerprint density at radius 1 is 0.949 bits per heavy atom. The van der Waals surface area contributed by atoms with Crippen LogP contribution in [0.25, 0.3) is 0 Å². The summed E-state index contributed by atoms with van der Waals surface area (Å²) in [6.45, 7) is 6.92. The Balaban J connectivity index is 2.01. The summed E-state index contributed by atoms with van der Waals surface area (Å²) >= 11 is 0. The molecule has 0 aromatic heterocycles. The second kappa shape index (κ2) is 13.4. The SMILES string of the molecule is CCCCNC(=O)[C@H](C)N(Cc1ccccc1F)C(=O)CN(c1cccc(C)c1)S(=O)(=O)c1ccc(C)cc1. The Hall–Kier alpha value is -3.72. The zero-order valence-corrected chi connectivity index (χ0v) is 23.7. The number of carbonyl (C=O) groups excluding carboxylic acids is 2. The molecule has 0 aliphatic rings. The topological polar surface area (TPSA) is 86.8 Å². The molecule has 0 heterocycles. The fourth-order valence-corrected chi connectivity index (χ4v) is 5.48. The smallest absolute Gasteiger partial charge is 0.264 e. The summed E-state index contributed by atoms with van der Waals surface area (Å²) in [4.78, 5) is 28.1. The predicted octanol–water partition coefficient (Wildman–Crippen LogP) is 4.97. The minimum atomic E-state index is -4.15. The van der Waals surface area contributed by atoms with Gasteiger partial charge in [-0.3, -0.25) is 13.9 Å². The molecule has 3 aromatic rings. The molecule has 7 nitrogen and oxygen atoms in total. The van der Waals surface area contributed by atoms with Crippen molar-refractivity contribution in [1.82, 2.24) is 10.2 Å². The number of sulfonamides is 1. The van der Waals surface area contributed by atoms with Gasteiger partial charge in [-0.15, -0.1) is 0 Å². The Kier molecular flexibility index (Phi) is 10.2. The number of hydrogen-bond acceptors (Lipinski definition) is 4. The fourth-order valence-electron chi connectivity index (χ4n) is 4.08. The molecule has 0 spiro atoms. The van der Waals surface area contributed by atoms with E-state index in [1.165, 1.54) is 23.1 Å². The Bertz CT molecular complexity index is 1390. The van der Waals surface area contributed by atoms with E-state index in [0.29, 0.717) is 12.2 Å². The number of carbonyl (C=O) groups is 2. The van der Waals surface area contributed by atoms with Gasteiger partial charge >= 0.3 is 0 Å². The molecule has 9 heteroatoms. The largest absolute Gasteiger partial charge is 0.354 e. The van der Waals surface area contributed by atoms with Crippen LogP contribution in [0.4, 0.5) is 10.1 Å². The van der Waals surface area contributed by atoms with Gasteiger partial charge in [0.2, 0.25) is 11.8 Å². The average molecular weight is 554 g/mol. The average Bonchev–Trinajstić information content (AvgIpc) is 2.91. The van der Waals surface area contributed by atoms with Crippen molar-refractivity contribution < 1.29 is 22.4 Å². The molecule has 0 bridgehead atoms. The number of nitrogens with zero attached hydrogens (tertiary/aromatic N) is 2. The maximum Gasteiger partial charge on any atom is 0.264 e. The van der Waals surface area contributed by atoms with Crippen LogP contribution in [-0.4, -0.2) is 44.3 Å². The first-order valence-corrected chi connectivity index (χ1v) is 14.4. The van der Waals surface area contributed by atoms with Gasteiger partial charge in [0, 0.05) is 18.7 Å². The van der Waals surface area contributed by atoms with E-state index in [1.807, 2.05) is 26.8 Å². The highest BCUT2D eigenvalue weighted by atomic mass is 32.2. The van der Waals surface area contributed by atoms with Crippen molar-refractivity contribution >= 4 is 27.5 Å². The van der Waals surface area contributed by atoms with Gasteiger partial charge in [-0.1, -0.05) is 61.4 Å². The molecule has 39 heavy (non-hydrogen) atoms. The number of hydrogen-bond donors (Lipinski definition) is 1. The molecule has 0 aliphatic carbocycles. The first kappa shape index (κ1) is 29.8. The van der Waals surface area contributed by atoms with E-state index in [-0.39, 0.29) is 17.0 Å². The third-order valence-electron chi connectivity index (χ3n) is 6.47. The standard InChI is InChI=1S/C30H36FN3O4S/c1-5-6-18-32-30(36)24(4)33(20-25-11-7-8-13-28(25)31)29(35)21-34(26-12-9-10-23(3)19-26)39(37,38)27-16-14-22(2)15-17-27/h7-17,19,24H,5-6,18,20-21H2,1-4H3,(H,32,36)/t24-/m0/s1. The number of aryl methyl sites for hydroxylation is 2. The van der Waals surface area contributed by atoms with Gasteiger partial charge in [0.1, 0.15) is 18.4 Å². The highest BCUT2D eigenvalue weighted by Crippen LogP contribution is 2.26. The van der Waals surface area contributed by atoms with Gasteiger partial charge in [-0.2, -0.15) is 0 Å². The van der Waals surface area contributed by atoms with Crippen molar-refractivity contribution in [2.24, 2.45) is 0 Å². The number of nitrogens with one attached hydrogen (secondary N) is 1. The van der Waals surface area contributed by atoms with E-state index in [9.17, 15) is 22.4 Å². The van der Waals surface area contributed by atoms with E-state index in [0.717, 1.165) is 28.3 Å². The summed E-state index contributed by atoms with van der Waals surface area (Å²) in [6.07, 6.45) is 1.66. The Labute approximate surface area is 230 Å². The molecule has 208 valence electrons. The Morgan fingerprint density at radius 2 is 1.64 bits per heavy atom. The van der Waals surface area contributed by atoms with Crippen LogP contribution in [0.1, 0.15) is 43.4 Å². The zero-order valence-electron chi connectivity index (χ0n) is 22.9. The number of halogens is 1. The van der Waals surface area contributed by atoms with Crippen LogP contribution >= 0.6 is 0 Å². The number of benzene rings is 3. The van der Waals surface area contributed by atoms with Gasteiger partial charge in [0.15, 0.2) is 0 Å². The molecule has 3 aromatic carbocycles. The van der Waals surface area contributed by atoms with Crippen LogP contribution in [0, 0.1) is 19.7 Å². The zero-order chi connectivity index (χ0) is 28.6. The van der Waals surface area contributed by atoms with E-state index in [2.05, 4.69) is 5.32 Å². The van der Waals surface area contributed by atoms with Gasteiger partial charge in [0.05, 0.1) is 10.6 Å². The highest BCUT2D eigenvalue weighted by molar-refractivity contribution is 7.92. The van der Waals surface area contributed by atoms with Crippen LogP contribution in [-0.2, 0) is 26.2 Å². The quantitative estimate of drug-likeness (QED) is 0.321. The van der Waals surface area contributed by atoms with Crippen molar-refractivity contribution in [1.29, 1.82) is 0 Å². The van der Waals surface area contributed by atoms with E-state index in [1.54, 1.807) is 55.5 Å². The van der Waals surface area contributed by atoms with Crippen molar-refractivity contribution in [2.45, 2.75) is 58.0 Å². The lowest BCUT2D eigenvalue weighted by molar-refractivity contribution is -0.139. The van der Waals surface area contributed by atoms with Gasteiger partial charge in [0.25, 0.3) is 10.0 Å². The minimum Gasteiger partial charge on any atom is -0.354 e. The van der Waals surface area contributed by atoms with Gasteiger partial charge in [-0.05, 0) is 63.1 Å². The molecular weight excluding hydrogens is 517 g/mol. The monoisotopic (exact) mass is 553 g/mol. The van der Waals surface area contributed by atoms with Gasteiger partial charge in [-0.25, -0.2) is 12.8 Å². The van der Waals surface area contributed by atoms with Crippen molar-refractivity contribution in [2.75, 3.05) is 17.4 Å². The molecule has 0 saturated carbocycles. The molecule has 0 saturated heterocycles. The van der Waals surface area contributed by atoms with Crippen molar-refractivity contribution in [3.8, 4) is 0 Å². The second-order valence-corrected chi connectivity index (χ2v) is 11.5. The molecule has 1 N–H and O–H groups in total. The molecule has 0 fully saturated rings. The third-order valence-corrected chi connectivity index (χ3v) is 8.26. The highest BCUT2D eigenvalue weighted by Gasteiger charge is 2.32.